The van der Waals surface area contributed by atoms with Crippen LogP contribution in [-0.4, -0.2) is 28.9 Å². The summed E-state index contributed by atoms with van der Waals surface area (Å²) in [6.07, 6.45) is 1.93. The van der Waals surface area contributed by atoms with E-state index in [9.17, 15) is 9.18 Å². The topological polar surface area (TPSA) is 45.3 Å². The molecule has 128 valence electrons. The van der Waals surface area contributed by atoms with Gasteiger partial charge in [-0.15, -0.1) is 0 Å². The van der Waals surface area contributed by atoms with Gasteiger partial charge < -0.3 is 14.6 Å². The SMILES string of the molecule is COc1ccc2cc(C(=O)N(Cc3ccccc3F)C3CC3)[nH]c2c1. The van der Waals surface area contributed by atoms with Crippen molar-refractivity contribution in [2.24, 2.45) is 0 Å². The Morgan fingerprint density at radius 2 is 2.04 bits per heavy atom. The minimum absolute atomic E-state index is 0.0964. The van der Waals surface area contributed by atoms with Crippen LogP contribution in [-0.2, 0) is 6.54 Å². The first-order valence-corrected chi connectivity index (χ1v) is 8.37. The molecule has 25 heavy (non-hydrogen) atoms. The standard InChI is InChI=1S/C20H19FN2O2/c1-25-16-9-6-13-10-19(22-18(13)11-16)20(24)23(15-7-8-15)12-14-4-2-3-5-17(14)21/h2-6,9-11,15,22H,7-8,12H2,1H3. The second kappa shape index (κ2) is 6.24. The fraction of sp³-hybridized carbons (Fsp3) is 0.250. The van der Waals surface area contributed by atoms with Gasteiger partial charge in [-0.1, -0.05) is 18.2 Å². The van der Waals surface area contributed by atoms with Crippen molar-refractivity contribution in [3.05, 3.63) is 65.6 Å². The molecule has 1 fully saturated rings. The summed E-state index contributed by atoms with van der Waals surface area (Å²) in [5.41, 5.74) is 1.91. The Morgan fingerprint density at radius 1 is 1.24 bits per heavy atom. The molecule has 1 aliphatic rings. The number of nitrogens with zero attached hydrogens (tertiary/aromatic N) is 1. The van der Waals surface area contributed by atoms with Crippen molar-refractivity contribution >= 4 is 16.8 Å². The summed E-state index contributed by atoms with van der Waals surface area (Å²) in [5, 5.41) is 0.950. The number of hydrogen-bond donors (Lipinski definition) is 1. The van der Waals surface area contributed by atoms with Gasteiger partial charge in [0.15, 0.2) is 0 Å². The van der Waals surface area contributed by atoms with Crippen molar-refractivity contribution in [1.82, 2.24) is 9.88 Å². The number of nitrogens with one attached hydrogen (secondary N) is 1. The van der Waals surface area contributed by atoms with Crippen molar-refractivity contribution in [3.8, 4) is 5.75 Å². The second-order valence-electron chi connectivity index (χ2n) is 6.39. The number of hydrogen-bond acceptors (Lipinski definition) is 2. The molecule has 3 aromatic rings. The van der Waals surface area contributed by atoms with Crippen molar-refractivity contribution < 1.29 is 13.9 Å². The van der Waals surface area contributed by atoms with E-state index < -0.39 is 0 Å². The fourth-order valence-electron chi connectivity index (χ4n) is 3.07. The molecular formula is C20H19FN2O2. The first-order valence-electron chi connectivity index (χ1n) is 8.37. The summed E-state index contributed by atoms with van der Waals surface area (Å²) >= 11 is 0. The Labute approximate surface area is 145 Å². The highest BCUT2D eigenvalue weighted by Crippen LogP contribution is 2.31. The van der Waals surface area contributed by atoms with Crippen LogP contribution in [0.3, 0.4) is 0 Å². The number of rotatable bonds is 5. The lowest BCUT2D eigenvalue weighted by molar-refractivity contribution is 0.0723. The molecule has 2 aromatic carbocycles. The van der Waals surface area contributed by atoms with Gasteiger partial charge in [0.05, 0.1) is 7.11 Å². The number of fused-ring (bicyclic) bond motifs is 1. The third-order valence-electron chi connectivity index (χ3n) is 4.61. The zero-order valence-corrected chi connectivity index (χ0v) is 14.0. The third-order valence-corrected chi connectivity index (χ3v) is 4.61. The molecule has 0 aliphatic heterocycles. The van der Waals surface area contributed by atoms with Crippen LogP contribution in [0.4, 0.5) is 4.39 Å². The lowest BCUT2D eigenvalue weighted by Crippen LogP contribution is -2.33. The van der Waals surface area contributed by atoms with Crippen LogP contribution in [0.15, 0.2) is 48.5 Å². The maximum absolute atomic E-state index is 14.0. The zero-order valence-electron chi connectivity index (χ0n) is 14.0. The molecule has 5 heteroatoms. The number of benzene rings is 2. The minimum Gasteiger partial charge on any atom is -0.497 e. The van der Waals surface area contributed by atoms with Crippen molar-refractivity contribution in [1.29, 1.82) is 0 Å². The Kier molecular flexibility index (Phi) is 3.92. The average Bonchev–Trinajstić information content (AvgIpc) is 3.38. The van der Waals surface area contributed by atoms with Crippen molar-refractivity contribution in [2.75, 3.05) is 7.11 Å². The molecule has 1 aromatic heterocycles. The van der Waals surface area contributed by atoms with Crippen LogP contribution < -0.4 is 4.74 Å². The molecule has 4 rings (SSSR count). The highest BCUT2D eigenvalue weighted by atomic mass is 19.1. The van der Waals surface area contributed by atoms with Gasteiger partial charge in [0.1, 0.15) is 17.3 Å². The van der Waals surface area contributed by atoms with Crippen LogP contribution in [0.5, 0.6) is 5.75 Å². The first kappa shape index (κ1) is 15.7. The minimum atomic E-state index is -0.276. The Balaban J connectivity index is 1.64. The van der Waals surface area contributed by atoms with E-state index in [4.69, 9.17) is 4.74 Å². The van der Waals surface area contributed by atoms with Crippen LogP contribution >= 0.6 is 0 Å². The number of H-pyrrole nitrogens is 1. The number of amides is 1. The van der Waals surface area contributed by atoms with Crippen LogP contribution in [0.1, 0.15) is 28.9 Å². The summed E-state index contributed by atoms with van der Waals surface area (Å²) in [7, 11) is 1.61. The molecule has 0 atom stereocenters. The smallest absolute Gasteiger partial charge is 0.270 e. The summed E-state index contributed by atoms with van der Waals surface area (Å²) in [6.45, 7) is 0.287. The van der Waals surface area contributed by atoms with Gasteiger partial charge in [0.25, 0.3) is 5.91 Å². The van der Waals surface area contributed by atoms with Crippen LogP contribution in [0, 0.1) is 5.82 Å². The maximum atomic E-state index is 14.0. The number of carbonyl (C=O) groups excluding carboxylic acids is 1. The van der Waals surface area contributed by atoms with Gasteiger partial charge in [-0.05, 0) is 37.1 Å². The normalized spacial score (nSPS) is 13.8. The van der Waals surface area contributed by atoms with Gasteiger partial charge in [0, 0.05) is 35.1 Å². The fourth-order valence-corrected chi connectivity index (χ4v) is 3.07. The average molecular weight is 338 g/mol. The summed E-state index contributed by atoms with van der Waals surface area (Å²) in [4.78, 5) is 17.9. The van der Waals surface area contributed by atoms with Gasteiger partial charge in [-0.3, -0.25) is 4.79 Å². The predicted molar refractivity (Wildman–Crippen MR) is 94.1 cm³/mol. The van der Waals surface area contributed by atoms with Crippen molar-refractivity contribution in [3.63, 3.8) is 0 Å². The number of aromatic amines is 1. The largest absolute Gasteiger partial charge is 0.497 e. The molecule has 0 unspecified atom stereocenters. The van der Waals surface area contributed by atoms with Crippen LogP contribution in [0.25, 0.3) is 10.9 Å². The Morgan fingerprint density at radius 3 is 2.76 bits per heavy atom. The second-order valence-corrected chi connectivity index (χ2v) is 6.39. The summed E-state index contributed by atoms with van der Waals surface area (Å²) < 4.78 is 19.2. The monoisotopic (exact) mass is 338 g/mol. The lowest BCUT2D eigenvalue weighted by atomic mass is 10.2. The predicted octanol–water partition coefficient (Wildman–Crippen LogP) is 4.12. The first-order chi connectivity index (χ1) is 12.2. The van der Waals surface area contributed by atoms with Crippen molar-refractivity contribution in [2.45, 2.75) is 25.4 Å². The van der Waals surface area contributed by atoms with E-state index >= 15 is 0 Å². The maximum Gasteiger partial charge on any atom is 0.270 e. The Hall–Kier alpha value is -2.82. The molecular weight excluding hydrogens is 319 g/mol. The van der Waals surface area contributed by atoms with Gasteiger partial charge in [0.2, 0.25) is 0 Å². The molecule has 0 spiro atoms. The van der Waals surface area contributed by atoms with Crippen LogP contribution in [0.2, 0.25) is 0 Å². The van der Waals surface area contributed by atoms with E-state index in [0.29, 0.717) is 11.3 Å². The highest BCUT2D eigenvalue weighted by Gasteiger charge is 2.34. The molecule has 4 nitrogen and oxygen atoms in total. The van der Waals surface area contributed by atoms with Gasteiger partial charge >= 0.3 is 0 Å². The molecule has 1 saturated carbocycles. The highest BCUT2D eigenvalue weighted by molar-refractivity contribution is 5.98. The molecule has 1 N–H and O–H groups in total. The van der Waals surface area contributed by atoms with E-state index in [1.54, 1.807) is 30.2 Å². The van der Waals surface area contributed by atoms with E-state index in [1.165, 1.54) is 6.07 Å². The van der Waals surface area contributed by atoms with Gasteiger partial charge in [-0.25, -0.2) is 4.39 Å². The van der Waals surface area contributed by atoms with E-state index in [1.807, 2.05) is 24.3 Å². The lowest BCUT2D eigenvalue weighted by Gasteiger charge is -2.22. The van der Waals surface area contributed by atoms with E-state index in [-0.39, 0.29) is 24.3 Å². The molecule has 1 heterocycles. The quantitative estimate of drug-likeness (QED) is 0.760. The van der Waals surface area contributed by atoms with E-state index in [0.717, 1.165) is 29.5 Å². The number of methoxy groups -OCH3 is 1. The number of ether oxygens (including phenoxy) is 1. The van der Waals surface area contributed by atoms with E-state index in [2.05, 4.69) is 4.98 Å². The number of aromatic nitrogens is 1. The molecule has 0 saturated heterocycles. The molecule has 0 radical (unpaired) electrons. The van der Waals surface area contributed by atoms with Gasteiger partial charge in [-0.2, -0.15) is 0 Å². The third kappa shape index (κ3) is 3.09. The molecule has 1 amide bonds. The summed E-state index contributed by atoms with van der Waals surface area (Å²) in [6, 6.07) is 14.3. The summed E-state index contributed by atoms with van der Waals surface area (Å²) in [5.74, 6) is 0.363. The number of halogens is 1. The molecule has 0 bridgehead atoms. The zero-order chi connectivity index (χ0) is 17.4. The molecule has 1 aliphatic carbocycles. The number of carbonyl (C=O) groups is 1. The Bertz CT molecular complexity index is 930.